The number of methoxy groups -OCH3 is 1. The van der Waals surface area contributed by atoms with Crippen LogP contribution in [0, 0.1) is 11.7 Å². The number of hydrogen-bond acceptors (Lipinski definition) is 3. The SMILES string of the molecule is COC[C@H]1CCN(CCC(=O)Nc2ccc(F)c(Cl)c2)C1. The minimum absolute atomic E-state index is 0.00903. The molecule has 1 N–H and O–H groups in total. The first-order valence-electron chi connectivity index (χ1n) is 7.04. The number of halogens is 2. The van der Waals surface area contributed by atoms with E-state index in [2.05, 4.69) is 10.2 Å². The predicted octanol–water partition coefficient (Wildman–Crippen LogP) is 2.78. The second-order valence-electron chi connectivity index (χ2n) is 5.34. The Morgan fingerprint density at radius 1 is 1.57 bits per heavy atom. The molecule has 0 unspecified atom stereocenters. The molecule has 6 heteroatoms. The maximum absolute atomic E-state index is 13.0. The monoisotopic (exact) mass is 314 g/mol. The lowest BCUT2D eigenvalue weighted by Gasteiger charge is -2.15. The smallest absolute Gasteiger partial charge is 0.225 e. The van der Waals surface area contributed by atoms with Crippen LogP contribution < -0.4 is 5.32 Å². The Bertz CT molecular complexity index is 499. The van der Waals surface area contributed by atoms with Gasteiger partial charge in [0.2, 0.25) is 5.91 Å². The average Bonchev–Trinajstić information content (AvgIpc) is 2.89. The van der Waals surface area contributed by atoms with Gasteiger partial charge in [-0.15, -0.1) is 0 Å². The molecule has 0 aliphatic carbocycles. The molecule has 1 fully saturated rings. The minimum atomic E-state index is -0.490. The van der Waals surface area contributed by atoms with Gasteiger partial charge in [0, 0.05) is 32.3 Å². The highest BCUT2D eigenvalue weighted by molar-refractivity contribution is 6.31. The van der Waals surface area contributed by atoms with E-state index in [0.29, 0.717) is 18.0 Å². The standard InChI is InChI=1S/C15H20ClFN2O2/c1-21-10-11-4-6-19(9-11)7-5-15(20)18-12-2-3-14(17)13(16)8-12/h2-3,8,11H,4-7,9-10H2,1H3,(H,18,20)/t11-/m0/s1. The van der Waals surface area contributed by atoms with Gasteiger partial charge < -0.3 is 15.0 Å². The Labute approximate surface area is 129 Å². The summed E-state index contributed by atoms with van der Waals surface area (Å²) in [6.07, 6.45) is 1.53. The van der Waals surface area contributed by atoms with E-state index in [0.717, 1.165) is 32.7 Å². The van der Waals surface area contributed by atoms with E-state index in [1.807, 2.05) is 0 Å². The molecular weight excluding hydrogens is 295 g/mol. The van der Waals surface area contributed by atoms with E-state index >= 15 is 0 Å². The lowest BCUT2D eigenvalue weighted by atomic mass is 10.1. The molecular formula is C15H20ClFN2O2. The number of nitrogens with one attached hydrogen (secondary N) is 1. The molecule has 0 spiro atoms. The molecule has 1 aromatic rings. The van der Waals surface area contributed by atoms with Gasteiger partial charge in [-0.05, 0) is 37.1 Å². The van der Waals surface area contributed by atoms with Crippen LogP contribution in [0.2, 0.25) is 5.02 Å². The summed E-state index contributed by atoms with van der Waals surface area (Å²) in [7, 11) is 1.71. The zero-order valence-corrected chi connectivity index (χ0v) is 12.8. The molecule has 1 amide bonds. The summed E-state index contributed by atoms with van der Waals surface area (Å²) in [4.78, 5) is 14.1. The molecule has 2 rings (SSSR count). The van der Waals surface area contributed by atoms with Gasteiger partial charge in [-0.3, -0.25) is 4.79 Å². The number of nitrogens with zero attached hydrogens (tertiary/aromatic N) is 1. The highest BCUT2D eigenvalue weighted by Gasteiger charge is 2.22. The number of likely N-dealkylation sites (tertiary alicyclic amines) is 1. The molecule has 1 aromatic carbocycles. The van der Waals surface area contributed by atoms with Crippen molar-refractivity contribution >= 4 is 23.2 Å². The summed E-state index contributed by atoms with van der Waals surface area (Å²) in [5, 5.41) is 2.74. The van der Waals surface area contributed by atoms with Crippen LogP contribution >= 0.6 is 11.6 Å². The van der Waals surface area contributed by atoms with E-state index in [-0.39, 0.29) is 10.9 Å². The second kappa shape index (κ2) is 7.73. The molecule has 1 aliphatic rings. The molecule has 0 aromatic heterocycles. The maximum atomic E-state index is 13.0. The van der Waals surface area contributed by atoms with Crippen LogP contribution in [-0.2, 0) is 9.53 Å². The molecule has 1 atom stereocenters. The minimum Gasteiger partial charge on any atom is -0.384 e. The average molecular weight is 315 g/mol. The molecule has 1 heterocycles. The maximum Gasteiger partial charge on any atom is 0.225 e. The number of benzene rings is 1. The Balaban J connectivity index is 1.74. The third kappa shape index (κ3) is 4.95. The zero-order chi connectivity index (χ0) is 15.2. The van der Waals surface area contributed by atoms with Crippen LogP contribution in [0.5, 0.6) is 0 Å². The third-order valence-corrected chi connectivity index (χ3v) is 3.92. The van der Waals surface area contributed by atoms with Crippen LogP contribution in [0.4, 0.5) is 10.1 Å². The number of amides is 1. The quantitative estimate of drug-likeness (QED) is 0.878. The highest BCUT2D eigenvalue weighted by atomic mass is 35.5. The van der Waals surface area contributed by atoms with E-state index < -0.39 is 5.82 Å². The first kappa shape index (κ1) is 16.2. The number of anilines is 1. The number of rotatable bonds is 6. The topological polar surface area (TPSA) is 41.6 Å². The first-order chi connectivity index (χ1) is 10.1. The number of carbonyl (C=O) groups excluding carboxylic acids is 1. The molecule has 0 radical (unpaired) electrons. The summed E-state index contributed by atoms with van der Waals surface area (Å²) >= 11 is 5.68. The fourth-order valence-corrected chi connectivity index (χ4v) is 2.73. The van der Waals surface area contributed by atoms with Crippen molar-refractivity contribution in [1.82, 2.24) is 4.90 Å². The largest absolute Gasteiger partial charge is 0.384 e. The molecule has 0 saturated carbocycles. The van der Waals surface area contributed by atoms with Gasteiger partial charge in [0.25, 0.3) is 0 Å². The van der Waals surface area contributed by atoms with Crippen molar-refractivity contribution in [2.75, 3.05) is 38.7 Å². The van der Waals surface area contributed by atoms with Crippen molar-refractivity contribution in [3.8, 4) is 0 Å². The van der Waals surface area contributed by atoms with E-state index in [1.165, 1.54) is 18.2 Å². The summed E-state index contributed by atoms with van der Waals surface area (Å²) in [5.74, 6) is -0.0160. The molecule has 4 nitrogen and oxygen atoms in total. The zero-order valence-electron chi connectivity index (χ0n) is 12.1. The summed E-state index contributed by atoms with van der Waals surface area (Å²) in [6, 6.07) is 4.16. The Hall–Kier alpha value is -1.17. The number of hydrogen-bond donors (Lipinski definition) is 1. The fraction of sp³-hybridized carbons (Fsp3) is 0.533. The van der Waals surface area contributed by atoms with Crippen molar-refractivity contribution in [3.05, 3.63) is 29.0 Å². The van der Waals surface area contributed by atoms with Gasteiger partial charge in [-0.2, -0.15) is 0 Å². The lowest BCUT2D eigenvalue weighted by molar-refractivity contribution is -0.116. The van der Waals surface area contributed by atoms with E-state index in [1.54, 1.807) is 7.11 Å². The first-order valence-corrected chi connectivity index (χ1v) is 7.42. The molecule has 0 bridgehead atoms. The van der Waals surface area contributed by atoms with Gasteiger partial charge in [0.15, 0.2) is 0 Å². The fourth-order valence-electron chi connectivity index (χ4n) is 2.54. The van der Waals surface area contributed by atoms with Crippen LogP contribution in [0.1, 0.15) is 12.8 Å². The predicted molar refractivity (Wildman–Crippen MR) is 81.1 cm³/mol. The molecule has 21 heavy (non-hydrogen) atoms. The van der Waals surface area contributed by atoms with Crippen molar-refractivity contribution in [3.63, 3.8) is 0 Å². The molecule has 1 aliphatic heterocycles. The van der Waals surface area contributed by atoms with Crippen molar-refractivity contribution in [1.29, 1.82) is 0 Å². The van der Waals surface area contributed by atoms with Crippen LogP contribution in [-0.4, -0.2) is 44.2 Å². The lowest BCUT2D eigenvalue weighted by Crippen LogP contribution is -2.26. The van der Waals surface area contributed by atoms with E-state index in [9.17, 15) is 9.18 Å². The molecule has 1 saturated heterocycles. The van der Waals surface area contributed by atoms with Gasteiger partial charge >= 0.3 is 0 Å². The Morgan fingerprint density at radius 2 is 2.38 bits per heavy atom. The van der Waals surface area contributed by atoms with E-state index in [4.69, 9.17) is 16.3 Å². The number of carbonyl (C=O) groups is 1. The van der Waals surface area contributed by atoms with Gasteiger partial charge in [-0.25, -0.2) is 4.39 Å². The normalized spacial score (nSPS) is 18.9. The van der Waals surface area contributed by atoms with Crippen LogP contribution in [0.25, 0.3) is 0 Å². The summed E-state index contributed by atoms with van der Waals surface area (Å²) < 4.78 is 18.2. The third-order valence-electron chi connectivity index (χ3n) is 3.63. The van der Waals surface area contributed by atoms with Crippen molar-refractivity contribution < 1.29 is 13.9 Å². The highest BCUT2D eigenvalue weighted by Crippen LogP contribution is 2.20. The Morgan fingerprint density at radius 3 is 3.10 bits per heavy atom. The van der Waals surface area contributed by atoms with Gasteiger partial charge in [-0.1, -0.05) is 11.6 Å². The van der Waals surface area contributed by atoms with Crippen LogP contribution in [0.15, 0.2) is 18.2 Å². The Kier molecular flexibility index (Phi) is 5.96. The second-order valence-corrected chi connectivity index (χ2v) is 5.74. The van der Waals surface area contributed by atoms with Gasteiger partial charge in [0.1, 0.15) is 5.82 Å². The van der Waals surface area contributed by atoms with Gasteiger partial charge in [0.05, 0.1) is 11.6 Å². The number of ether oxygens (including phenoxy) is 1. The van der Waals surface area contributed by atoms with Crippen molar-refractivity contribution in [2.45, 2.75) is 12.8 Å². The summed E-state index contributed by atoms with van der Waals surface area (Å²) in [6.45, 7) is 3.48. The van der Waals surface area contributed by atoms with Crippen molar-refractivity contribution in [2.24, 2.45) is 5.92 Å². The van der Waals surface area contributed by atoms with Crippen LogP contribution in [0.3, 0.4) is 0 Å². The molecule has 116 valence electrons. The summed E-state index contributed by atoms with van der Waals surface area (Å²) in [5.41, 5.74) is 0.519.